The van der Waals surface area contributed by atoms with Crippen molar-refractivity contribution in [1.82, 2.24) is 9.55 Å². The lowest BCUT2D eigenvalue weighted by molar-refractivity contribution is -0.147. The fourth-order valence-electron chi connectivity index (χ4n) is 4.51. The molecule has 0 aliphatic carbocycles. The highest BCUT2D eigenvalue weighted by atomic mass is 16.6. The second-order valence-corrected chi connectivity index (χ2v) is 9.13. The highest BCUT2D eigenvalue weighted by Crippen LogP contribution is 2.41. The number of hydrogen-bond acceptors (Lipinski definition) is 8. The Morgan fingerprint density at radius 3 is 1.83 bits per heavy atom. The zero-order valence-corrected chi connectivity index (χ0v) is 22.8. The maximum absolute atomic E-state index is 12.4. The van der Waals surface area contributed by atoms with E-state index in [9.17, 15) is 19.2 Å². The number of aryl methyl sites for hydroxylation is 1. The highest BCUT2D eigenvalue weighted by molar-refractivity contribution is 5.59. The van der Waals surface area contributed by atoms with Crippen LogP contribution >= 0.6 is 0 Å². The van der Waals surface area contributed by atoms with Crippen LogP contribution in [0.5, 0.6) is 11.5 Å². The number of aromatic amines is 1. The Morgan fingerprint density at radius 2 is 1.34 bits per heavy atom. The minimum atomic E-state index is -1.48. The molecule has 0 fully saturated rings. The van der Waals surface area contributed by atoms with E-state index in [1.807, 2.05) is 54.6 Å². The van der Waals surface area contributed by atoms with Crippen molar-refractivity contribution in [1.29, 1.82) is 0 Å². The SMILES string of the molecule is COc1ccc(C(OC[C@H](C=O)O[C@H](C=O)n2cc(C)c(=O)[nH]c2=O)(c2ccccc2)c2ccc(OC)cc2)cc1. The van der Waals surface area contributed by atoms with Crippen molar-refractivity contribution >= 4 is 12.6 Å². The van der Waals surface area contributed by atoms with Crippen molar-refractivity contribution in [3.63, 3.8) is 0 Å². The number of hydrogen-bond donors (Lipinski definition) is 1. The molecule has 212 valence electrons. The summed E-state index contributed by atoms with van der Waals surface area (Å²) in [7, 11) is 3.15. The summed E-state index contributed by atoms with van der Waals surface area (Å²) in [5.74, 6) is 1.30. The Balaban J connectivity index is 1.77. The molecule has 2 atom stereocenters. The van der Waals surface area contributed by atoms with E-state index in [4.69, 9.17) is 18.9 Å². The summed E-state index contributed by atoms with van der Waals surface area (Å²) in [5, 5.41) is 0. The first-order valence-electron chi connectivity index (χ1n) is 12.7. The van der Waals surface area contributed by atoms with Gasteiger partial charge in [0.1, 0.15) is 23.2 Å². The van der Waals surface area contributed by atoms with E-state index in [1.165, 1.54) is 13.1 Å². The largest absolute Gasteiger partial charge is 0.497 e. The van der Waals surface area contributed by atoms with Crippen molar-refractivity contribution in [2.24, 2.45) is 0 Å². The van der Waals surface area contributed by atoms with Crippen LogP contribution in [-0.2, 0) is 24.7 Å². The van der Waals surface area contributed by atoms with E-state index >= 15 is 0 Å². The average Bonchev–Trinajstić information content (AvgIpc) is 3.02. The van der Waals surface area contributed by atoms with Crippen molar-refractivity contribution in [2.75, 3.05) is 20.8 Å². The molecule has 0 saturated carbocycles. The molecule has 10 nitrogen and oxygen atoms in total. The van der Waals surface area contributed by atoms with Gasteiger partial charge in [-0.25, -0.2) is 4.79 Å². The second kappa shape index (κ2) is 13.0. The van der Waals surface area contributed by atoms with Gasteiger partial charge >= 0.3 is 5.69 Å². The molecule has 1 aromatic heterocycles. The summed E-state index contributed by atoms with van der Waals surface area (Å²) >= 11 is 0. The number of ether oxygens (including phenoxy) is 4. The zero-order chi connectivity index (χ0) is 29.4. The molecule has 1 heterocycles. The molecule has 0 aliphatic heterocycles. The van der Waals surface area contributed by atoms with Crippen LogP contribution in [0.15, 0.2) is 94.6 Å². The third-order valence-corrected chi connectivity index (χ3v) is 6.64. The number of nitrogens with zero attached hydrogens (tertiary/aromatic N) is 1. The lowest BCUT2D eigenvalue weighted by Gasteiger charge is -2.37. The van der Waals surface area contributed by atoms with Crippen molar-refractivity contribution in [3.8, 4) is 11.5 Å². The summed E-state index contributed by atoms with van der Waals surface area (Å²) in [5.41, 5.74) is -0.235. The smallest absolute Gasteiger partial charge is 0.330 e. The van der Waals surface area contributed by atoms with Crippen LogP contribution in [0.25, 0.3) is 0 Å². The van der Waals surface area contributed by atoms with Gasteiger partial charge in [-0.05, 0) is 47.9 Å². The predicted molar refractivity (Wildman–Crippen MR) is 150 cm³/mol. The van der Waals surface area contributed by atoms with Gasteiger partial charge in [0, 0.05) is 11.8 Å². The van der Waals surface area contributed by atoms with Gasteiger partial charge < -0.3 is 23.7 Å². The van der Waals surface area contributed by atoms with Gasteiger partial charge in [-0.2, -0.15) is 0 Å². The maximum Gasteiger partial charge on any atom is 0.330 e. The molecule has 1 N–H and O–H groups in total. The molecule has 0 aliphatic rings. The number of benzene rings is 3. The van der Waals surface area contributed by atoms with Crippen LogP contribution in [-0.4, -0.2) is 49.1 Å². The lowest BCUT2D eigenvalue weighted by Crippen LogP contribution is -2.39. The molecule has 3 aromatic carbocycles. The Morgan fingerprint density at radius 1 is 0.805 bits per heavy atom. The predicted octanol–water partition coefficient (Wildman–Crippen LogP) is 3.15. The molecule has 0 bridgehead atoms. The second-order valence-electron chi connectivity index (χ2n) is 9.13. The van der Waals surface area contributed by atoms with Crippen LogP contribution in [0.3, 0.4) is 0 Å². The number of carbonyl (C=O) groups is 2. The monoisotopic (exact) mass is 558 g/mol. The van der Waals surface area contributed by atoms with Crippen LogP contribution in [0.1, 0.15) is 28.5 Å². The standard InChI is InChI=1S/C31H30N2O8/c1-21-17-33(30(37)32-29(21)36)28(19-35)41-27(18-34)20-40-31(22-7-5-4-6-8-22,23-9-13-25(38-2)14-10-23)24-11-15-26(39-3)16-12-24/h4-19,27-28H,20H2,1-3H3,(H,32,36,37)/t27-,28+/m0/s1. The number of H-pyrrole nitrogens is 1. The Labute approximate surface area is 236 Å². The van der Waals surface area contributed by atoms with E-state index in [-0.39, 0.29) is 12.2 Å². The molecule has 0 amide bonds. The quantitative estimate of drug-likeness (QED) is 0.196. The van der Waals surface area contributed by atoms with Crippen molar-refractivity contribution in [3.05, 3.63) is 128 Å². The minimum absolute atomic E-state index is 0.195. The van der Waals surface area contributed by atoms with E-state index in [1.54, 1.807) is 38.5 Å². The van der Waals surface area contributed by atoms with Gasteiger partial charge in [0.15, 0.2) is 18.8 Å². The van der Waals surface area contributed by atoms with E-state index in [2.05, 4.69) is 4.98 Å². The molecule has 0 unspecified atom stereocenters. The van der Waals surface area contributed by atoms with Crippen LogP contribution in [0.4, 0.5) is 0 Å². The maximum atomic E-state index is 12.4. The van der Waals surface area contributed by atoms with Crippen LogP contribution in [0.2, 0.25) is 0 Å². The summed E-state index contributed by atoms with van der Waals surface area (Å²) in [4.78, 5) is 50.4. The topological polar surface area (TPSA) is 126 Å². The summed E-state index contributed by atoms with van der Waals surface area (Å²) < 4.78 is 24.0. The lowest BCUT2D eigenvalue weighted by atomic mass is 9.80. The van der Waals surface area contributed by atoms with Crippen molar-refractivity contribution < 1.29 is 28.5 Å². The van der Waals surface area contributed by atoms with E-state index < -0.39 is 29.2 Å². The van der Waals surface area contributed by atoms with Gasteiger partial charge in [-0.1, -0.05) is 54.6 Å². The van der Waals surface area contributed by atoms with Crippen molar-refractivity contribution in [2.45, 2.75) is 24.9 Å². The highest BCUT2D eigenvalue weighted by Gasteiger charge is 2.39. The molecular formula is C31H30N2O8. The normalized spacial score (nSPS) is 12.8. The van der Waals surface area contributed by atoms with Gasteiger partial charge in [-0.15, -0.1) is 0 Å². The first-order valence-corrected chi connectivity index (χ1v) is 12.7. The molecule has 10 heteroatoms. The Hall–Kier alpha value is -4.80. The van der Waals surface area contributed by atoms with Gasteiger partial charge in [0.05, 0.1) is 20.8 Å². The minimum Gasteiger partial charge on any atom is -0.497 e. The number of methoxy groups -OCH3 is 2. The third-order valence-electron chi connectivity index (χ3n) is 6.64. The third kappa shape index (κ3) is 6.19. The van der Waals surface area contributed by atoms with E-state index in [0.29, 0.717) is 24.1 Å². The Bertz CT molecular complexity index is 1530. The fraction of sp³-hybridized carbons (Fsp3) is 0.226. The van der Waals surface area contributed by atoms with Crippen LogP contribution in [0, 0.1) is 6.92 Å². The number of nitrogens with one attached hydrogen (secondary N) is 1. The molecule has 4 rings (SSSR count). The van der Waals surface area contributed by atoms with Gasteiger partial charge in [-0.3, -0.25) is 19.1 Å². The number of carbonyl (C=O) groups excluding carboxylic acids is 2. The number of aldehydes is 2. The summed E-state index contributed by atoms with van der Waals surface area (Å²) in [6.45, 7) is 1.19. The first-order chi connectivity index (χ1) is 19.9. The summed E-state index contributed by atoms with van der Waals surface area (Å²) in [6.07, 6.45) is -0.675. The summed E-state index contributed by atoms with van der Waals surface area (Å²) in [6, 6.07) is 24.1. The van der Waals surface area contributed by atoms with Gasteiger partial charge in [0.25, 0.3) is 5.56 Å². The van der Waals surface area contributed by atoms with Crippen LogP contribution < -0.4 is 20.7 Å². The Kier molecular flexibility index (Phi) is 9.28. The molecule has 0 radical (unpaired) electrons. The molecule has 0 spiro atoms. The van der Waals surface area contributed by atoms with Gasteiger partial charge in [0.2, 0.25) is 0 Å². The van der Waals surface area contributed by atoms with E-state index in [0.717, 1.165) is 21.3 Å². The molecule has 4 aromatic rings. The number of rotatable bonds is 13. The average molecular weight is 559 g/mol. The zero-order valence-electron chi connectivity index (χ0n) is 22.8. The molecular weight excluding hydrogens is 528 g/mol. The number of aromatic nitrogens is 2. The first kappa shape index (κ1) is 29.2. The fourth-order valence-corrected chi connectivity index (χ4v) is 4.51. The molecule has 41 heavy (non-hydrogen) atoms. The molecule has 0 saturated heterocycles.